The maximum Gasteiger partial charge on any atom is 0.321 e. The molecule has 0 bridgehead atoms. The number of amides is 2. The third-order valence-electron chi connectivity index (χ3n) is 3.68. The molecule has 0 aromatic carbocycles. The van der Waals surface area contributed by atoms with E-state index < -0.39 is 0 Å². The van der Waals surface area contributed by atoms with Crippen LogP contribution in [0.25, 0.3) is 0 Å². The van der Waals surface area contributed by atoms with Crippen LogP contribution < -0.4 is 5.32 Å². The zero-order chi connectivity index (χ0) is 14.7. The highest BCUT2D eigenvalue weighted by molar-refractivity contribution is 7.15. The van der Waals surface area contributed by atoms with E-state index in [0.717, 1.165) is 32.5 Å². The minimum atomic E-state index is -0.0745. The summed E-state index contributed by atoms with van der Waals surface area (Å²) in [6.07, 6.45) is 5.51. The minimum absolute atomic E-state index is 0.0745. The number of anilines is 1. The number of nitrogens with one attached hydrogen (secondary N) is 1. The maximum absolute atomic E-state index is 12.2. The summed E-state index contributed by atoms with van der Waals surface area (Å²) >= 11 is 7.41. The normalized spacial score (nSPS) is 16.1. The monoisotopic (exact) mass is 325 g/mol. The van der Waals surface area contributed by atoms with Crippen molar-refractivity contribution >= 4 is 34.7 Å². The van der Waals surface area contributed by atoms with Gasteiger partial charge in [-0.25, -0.2) is 4.79 Å². The van der Waals surface area contributed by atoms with E-state index in [9.17, 15) is 4.79 Å². The van der Waals surface area contributed by atoms with Gasteiger partial charge in [-0.05, 0) is 30.2 Å². The molecular formula is C13H16ClN5OS. The van der Waals surface area contributed by atoms with Crippen LogP contribution in [-0.4, -0.2) is 39.0 Å². The number of likely N-dealkylation sites (tertiary alicyclic amines) is 1. The summed E-state index contributed by atoms with van der Waals surface area (Å²) in [4.78, 5) is 14.0. The molecule has 6 nitrogen and oxygen atoms in total. The van der Waals surface area contributed by atoms with E-state index in [1.807, 2.05) is 27.2 Å². The largest absolute Gasteiger partial charge is 0.325 e. The Labute approximate surface area is 131 Å². The second kappa shape index (κ2) is 6.44. The van der Waals surface area contributed by atoms with Crippen molar-refractivity contribution in [2.24, 2.45) is 5.92 Å². The summed E-state index contributed by atoms with van der Waals surface area (Å²) in [5.74, 6) is 0.542. The Morgan fingerprint density at radius 3 is 2.90 bits per heavy atom. The lowest BCUT2D eigenvalue weighted by molar-refractivity contribution is 0.175. The SMILES string of the molecule is O=C(Nc1ccsc1Cl)N1CCC(Cn2ccnn2)CC1. The molecule has 1 N–H and O–H groups in total. The van der Waals surface area contributed by atoms with E-state index >= 15 is 0 Å². The molecule has 1 saturated heterocycles. The number of piperidine rings is 1. The zero-order valence-electron chi connectivity index (χ0n) is 11.4. The van der Waals surface area contributed by atoms with Gasteiger partial charge in [-0.2, -0.15) is 0 Å². The van der Waals surface area contributed by atoms with Crippen molar-refractivity contribution in [2.75, 3.05) is 18.4 Å². The standard InChI is InChI=1S/C13H16ClN5OS/c14-12-11(3-8-21-12)16-13(20)18-5-1-10(2-6-18)9-19-7-4-15-17-19/h3-4,7-8,10H,1-2,5-6,9H2,(H,16,20). The number of carbonyl (C=O) groups excluding carboxylic acids is 1. The third-order valence-corrected chi connectivity index (χ3v) is 4.85. The van der Waals surface area contributed by atoms with Gasteiger partial charge in [0.25, 0.3) is 0 Å². The molecule has 112 valence electrons. The van der Waals surface area contributed by atoms with Gasteiger partial charge in [0.2, 0.25) is 0 Å². The summed E-state index contributed by atoms with van der Waals surface area (Å²) in [6.45, 7) is 2.38. The highest BCUT2D eigenvalue weighted by atomic mass is 35.5. The second-order valence-corrected chi connectivity index (χ2v) is 6.61. The van der Waals surface area contributed by atoms with Crippen molar-refractivity contribution in [3.8, 4) is 0 Å². The first-order chi connectivity index (χ1) is 10.2. The number of hydrogen-bond donors (Lipinski definition) is 1. The zero-order valence-corrected chi connectivity index (χ0v) is 13.0. The van der Waals surface area contributed by atoms with Crippen LogP contribution in [0, 0.1) is 5.92 Å². The predicted molar refractivity (Wildman–Crippen MR) is 82.7 cm³/mol. The molecule has 3 rings (SSSR count). The van der Waals surface area contributed by atoms with Crippen molar-refractivity contribution in [3.05, 3.63) is 28.2 Å². The molecule has 1 aliphatic heterocycles. The number of carbonyl (C=O) groups is 1. The summed E-state index contributed by atoms with van der Waals surface area (Å²) in [6, 6.07) is 1.75. The van der Waals surface area contributed by atoms with Crippen LogP contribution in [0.4, 0.5) is 10.5 Å². The molecule has 1 fully saturated rings. The average Bonchev–Trinajstić information content (AvgIpc) is 3.12. The molecule has 0 aliphatic carbocycles. The Balaban J connectivity index is 1.49. The van der Waals surface area contributed by atoms with Crippen LogP contribution in [0.1, 0.15) is 12.8 Å². The molecule has 21 heavy (non-hydrogen) atoms. The van der Waals surface area contributed by atoms with Gasteiger partial charge in [0, 0.05) is 25.8 Å². The van der Waals surface area contributed by atoms with Gasteiger partial charge in [0.1, 0.15) is 4.34 Å². The Morgan fingerprint density at radius 1 is 1.48 bits per heavy atom. The topological polar surface area (TPSA) is 63.1 Å². The number of thiophene rings is 1. The van der Waals surface area contributed by atoms with Crippen LogP contribution in [0.15, 0.2) is 23.8 Å². The van der Waals surface area contributed by atoms with Crippen LogP contribution in [0.5, 0.6) is 0 Å². The fraction of sp³-hybridized carbons (Fsp3) is 0.462. The van der Waals surface area contributed by atoms with Gasteiger partial charge in [-0.1, -0.05) is 16.8 Å². The summed E-state index contributed by atoms with van der Waals surface area (Å²) in [5, 5.41) is 12.5. The molecule has 2 amide bonds. The average molecular weight is 326 g/mol. The summed E-state index contributed by atoms with van der Waals surface area (Å²) in [7, 11) is 0. The summed E-state index contributed by atoms with van der Waals surface area (Å²) < 4.78 is 2.47. The van der Waals surface area contributed by atoms with E-state index in [1.165, 1.54) is 11.3 Å². The molecule has 2 aromatic heterocycles. The predicted octanol–water partition coefficient (Wildman–Crippen LogP) is 2.94. The first-order valence-electron chi connectivity index (χ1n) is 6.85. The van der Waals surface area contributed by atoms with Crippen LogP contribution in [-0.2, 0) is 6.54 Å². The highest BCUT2D eigenvalue weighted by Gasteiger charge is 2.23. The Morgan fingerprint density at radius 2 is 2.29 bits per heavy atom. The smallest absolute Gasteiger partial charge is 0.321 e. The lowest BCUT2D eigenvalue weighted by atomic mass is 9.97. The number of hydrogen-bond acceptors (Lipinski definition) is 4. The quantitative estimate of drug-likeness (QED) is 0.943. The van der Waals surface area contributed by atoms with Gasteiger partial charge >= 0.3 is 6.03 Å². The van der Waals surface area contributed by atoms with Crippen LogP contribution in [0.2, 0.25) is 4.34 Å². The Kier molecular flexibility index (Phi) is 4.40. The van der Waals surface area contributed by atoms with E-state index in [2.05, 4.69) is 15.6 Å². The molecular weight excluding hydrogens is 310 g/mol. The maximum atomic E-state index is 12.2. The van der Waals surface area contributed by atoms with Crippen LogP contribution >= 0.6 is 22.9 Å². The van der Waals surface area contributed by atoms with Gasteiger partial charge < -0.3 is 10.2 Å². The van der Waals surface area contributed by atoms with Gasteiger partial charge in [0.15, 0.2) is 0 Å². The Hall–Kier alpha value is -1.60. The molecule has 0 radical (unpaired) electrons. The van der Waals surface area contributed by atoms with Crippen molar-refractivity contribution < 1.29 is 4.79 Å². The van der Waals surface area contributed by atoms with Crippen LogP contribution in [0.3, 0.4) is 0 Å². The lowest BCUT2D eigenvalue weighted by Gasteiger charge is -2.31. The van der Waals surface area contributed by atoms with E-state index in [1.54, 1.807) is 6.20 Å². The second-order valence-electron chi connectivity index (χ2n) is 5.09. The van der Waals surface area contributed by atoms with Gasteiger partial charge in [-0.15, -0.1) is 16.4 Å². The number of rotatable bonds is 3. The molecule has 0 atom stereocenters. The first-order valence-corrected chi connectivity index (χ1v) is 8.11. The minimum Gasteiger partial charge on any atom is -0.325 e. The third kappa shape index (κ3) is 3.54. The van der Waals surface area contributed by atoms with E-state index in [0.29, 0.717) is 15.9 Å². The number of aromatic nitrogens is 3. The highest BCUT2D eigenvalue weighted by Crippen LogP contribution is 2.28. The molecule has 1 aliphatic rings. The van der Waals surface area contributed by atoms with Gasteiger partial charge in [0.05, 0.1) is 11.9 Å². The number of halogens is 1. The van der Waals surface area contributed by atoms with Gasteiger partial charge in [-0.3, -0.25) is 4.68 Å². The fourth-order valence-electron chi connectivity index (χ4n) is 2.49. The van der Waals surface area contributed by atoms with E-state index in [-0.39, 0.29) is 6.03 Å². The Bertz CT molecular complexity index is 591. The van der Waals surface area contributed by atoms with Crippen molar-refractivity contribution in [3.63, 3.8) is 0 Å². The number of nitrogens with zero attached hydrogens (tertiary/aromatic N) is 4. The fourth-order valence-corrected chi connectivity index (χ4v) is 3.32. The molecule has 8 heteroatoms. The molecule has 0 unspecified atom stereocenters. The molecule has 3 heterocycles. The van der Waals surface area contributed by atoms with Crippen molar-refractivity contribution in [1.29, 1.82) is 0 Å². The summed E-state index contributed by atoms with van der Waals surface area (Å²) in [5.41, 5.74) is 0.691. The first kappa shape index (κ1) is 14.3. The lowest BCUT2D eigenvalue weighted by Crippen LogP contribution is -2.41. The van der Waals surface area contributed by atoms with Crippen molar-refractivity contribution in [2.45, 2.75) is 19.4 Å². The van der Waals surface area contributed by atoms with E-state index in [4.69, 9.17) is 11.6 Å². The molecule has 0 saturated carbocycles. The number of urea groups is 1. The molecule has 0 spiro atoms. The molecule has 2 aromatic rings. The van der Waals surface area contributed by atoms with Crippen molar-refractivity contribution in [1.82, 2.24) is 19.9 Å².